The summed E-state index contributed by atoms with van der Waals surface area (Å²) in [6, 6.07) is 6.52. The summed E-state index contributed by atoms with van der Waals surface area (Å²) in [5, 5.41) is 10.8. The van der Waals surface area contributed by atoms with E-state index in [4.69, 9.17) is 16.7 Å². The number of halogens is 1. The zero-order valence-corrected chi connectivity index (χ0v) is 7.82. The number of hydrogen-bond donors (Lipinski definition) is 1. The Hall–Kier alpha value is -1.61. The molecule has 0 unspecified atom stereocenters. The van der Waals surface area contributed by atoms with Gasteiger partial charge in [0.05, 0.1) is 5.56 Å². The molecule has 0 radical (unpaired) electrons. The Kier molecular flexibility index (Phi) is 2.09. The van der Waals surface area contributed by atoms with Gasteiger partial charge in [-0.25, -0.2) is 9.78 Å². The van der Waals surface area contributed by atoms with E-state index in [1.54, 1.807) is 30.5 Å². The number of carbonyl (C=O) groups is 1. The van der Waals surface area contributed by atoms with Gasteiger partial charge in [-0.05, 0) is 23.6 Å². The number of hydrogen-bond acceptors (Lipinski definition) is 2. The second-order valence-corrected chi connectivity index (χ2v) is 3.26. The Morgan fingerprint density at radius 3 is 2.79 bits per heavy atom. The minimum atomic E-state index is -0.943. The van der Waals surface area contributed by atoms with E-state index in [-0.39, 0.29) is 5.56 Å². The third-order valence-corrected chi connectivity index (χ3v) is 2.14. The van der Waals surface area contributed by atoms with E-state index in [0.29, 0.717) is 5.15 Å². The fraction of sp³-hybridized carbons (Fsp3) is 0. The largest absolute Gasteiger partial charge is 0.478 e. The van der Waals surface area contributed by atoms with Crippen molar-refractivity contribution in [2.75, 3.05) is 0 Å². The number of nitrogens with zero attached hydrogens (tertiary/aromatic N) is 1. The van der Waals surface area contributed by atoms with Crippen molar-refractivity contribution in [3.05, 3.63) is 41.2 Å². The van der Waals surface area contributed by atoms with Crippen LogP contribution in [0.2, 0.25) is 5.15 Å². The molecule has 3 nitrogen and oxygen atoms in total. The minimum absolute atomic E-state index is 0.252. The Balaban J connectivity index is 2.67. The molecule has 0 bridgehead atoms. The standard InChI is InChI=1S/C10H6ClNO2/c11-9-4-6-1-2-7(10(13)14)3-8(6)5-12-9/h1-5H,(H,13,14). The average Bonchev–Trinajstić information content (AvgIpc) is 2.16. The summed E-state index contributed by atoms with van der Waals surface area (Å²) in [5.41, 5.74) is 0.252. The first-order valence-electron chi connectivity index (χ1n) is 3.95. The molecule has 1 heterocycles. The van der Waals surface area contributed by atoms with Gasteiger partial charge >= 0.3 is 5.97 Å². The first-order valence-corrected chi connectivity index (χ1v) is 4.33. The summed E-state index contributed by atoms with van der Waals surface area (Å²) in [4.78, 5) is 14.5. The van der Waals surface area contributed by atoms with Crippen molar-refractivity contribution >= 4 is 28.3 Å². The molecule has 1 N–H and O–H groups in total. The first-order chi connectivity index (χ1) is 6.66. The molecule has 0 saturated heterocycles. The highest BCUT2D eigenvalue weighted by atomic mass is 35.5. The Labute approximate surface area is 85.0 Å². The third-order valence-electron chi connectivity index (χ3n) is 1.94. The molecule has 0 saturated carbocycles. The van der Waals surface area contributed by atoms with Crippen molar-refractivity contribution in [3.63, 3.8) is 0 Å². The van der Waals surface area contributed by atoms with E-state index in [2.05, 4.69) is 4.98 Å². The maximum absolute atomic E-state index is 10.7. The third kappa shape index (κ3) is 1.54. The Bertz CT molecular complexity index is 510. The van der Waals surface area contributed by atoms with Gasteiger partial charge in [-0.3, -0.25) is 0 Å². The Morgan fingerprint density at radius 1 is 1.29 bits per heavy atom. The molecular weight excluding hydrogens is 202 g/mol. The molecule has 0 fully saturated rings. The van der Waals surface area contributed by atoms with Crippen LogP contribution in [0.3, 0.4) is 0 Å². The number of aromatic nitrogens is 1. The van der Waals surface area contributed by atoms with E-state index in [1.165, 1.54) is 0 Å². The van der Waals surface area contributed by atoms with E-state index in [9.17, 15) is 4.79 Å². The highest BCUT2D eigenvalue weighted by Gasteiger charge is 2.03. The summed E-state index contributed by atoms with van der Waals surface area (Å²) in [6.07, 6.45) is 1.56. The van der Waals surface area contributed by atoms with Gasteiger partial charge in [0.2, 0.25) is 0 Å². The maximum Gasteiger partial charge on any atom is 0.335 e. The number of aromatic carboxylic acids is 1. The second-order valence-electron chi connectivity index (χ2n) is 2.87. The molecule has 2 rings (SSSR count). The van der Waals surface area contributed by atoms with Crippen LogP contribution in [0, 0.1) is 0 Å². The summed E-state index contributed by atoms with van der Waals surface area (Å²) in [5.74, 6) is -0.943. The van der Waals surface area contributed by atoms with Crippen LogP contribution in [0.1, 0.15) is 10.4 Å². The van der Waals surface area contributed by atoms with E-state index in [1.807, 2.05) is 0 Å². The van der Waals surface area contributed by atoms with Gasteiger partial charge in [-0.1, -0.05) is 17.7 Å². The molecule has 0 spiro atoms. The lowest BCUT2D eigenvalue weighted by Gasteiger charge is -1.99. The molecule has 0 atom stereocenters. The summed E-state index contributed by atoms with van der Waals surface area (Å²) >= 11 is 5.69. The predicted molar refractivity (Wildman–Crippen MR) is 53.7 cm³/mol. The van der Waals surface area contributed by atoms with E-state index in [0.717, 1.165) is 10.8 Å². The van der Waals surface area contributed by atoms with Crippen molar-refractivity contribution < 1.29 is 9.90 Å². The average molecular weight is 208 g/mol. The lowest BCUT2D eigenvalue weighted by atomic mass is 10.1. The molecule has 0 amide bonds. The van der Waals surface area contributed by atoms with Crippen LogP contribution < -0.4 is 0 Å². The number of fused-ring (bicyclic) bond motifs is 1. The summed E-state index contributed by atoms with van der Waals surface area (Å²) < 4.78 is 0. The van der Waals surface area contributed by atoms with Gasteiger partial charge in [0, 0.05) is 11.6 Å². The topological polar surface area (TPSA) is 50.2 Å². The van der Waals surface area contributed by atoms with Crippen LogP contribution in [0.4, 0.5) is 0 Å². The molecule has 1 aromatic carbocycles. The summed E-state index contributed by atoms with van der Waals surface area (Å²) in [6.45, 7) is 0. The summed E-state index contributed by atoms with van der Waals surface area (Å²) in [7, 11) is 0. The molecular formula is C10H6ClNO2. The smallest absolute Gasteiger partial charge is 0.335 e. The number of rotatable bonds is 1. The number of carboxylic acids is 1. The van der Waals surface area contributed by atoms with Gasteiger partial charge in [-0.2, -0.15) is 0 Å². The molecule has 0 aliphatic heterocycles. The molecule has 14 heavy (non-hydrogen) atoms. The van der Waals surface area contributed by atoms with Crippen molar-refractivity contribution in [1.29, 1.82) is 0 Å². The molecule has 2 aromatic rings. The molecule has 0 aliphatic rings. The quantitative estimate of drug-likeness (QED) is 0.732. The van der Waals surface area contributed by atoms with E-state index < -0.39 is 5.97 Å². The number of carboxylic acid groups (broad SMARTS) is 1. The van der Waals surface area contributed by atoms with Crippen LogP contribution >= 0.6 is 11.6 Å². The number of pyridine rings is 1. The van der Waals surface area contributed by atoms with Gasteiger partial charge in [-0.15, -0.1) is 0 Å². The zero-order valence-electron chi connectivity index (χ0n) is 7.07. The molecule has 4 heteroatoms. The SMILES string of the molecule is O=C(O)c1ccc2cc(Cl)ncc2c1. The van der Waals surface area contributed by atoms with Crippen LogP contribution in [-0.2, 0) is 0 Å². The van der Waals surface area contributed by atoms with E-state index >= 15 is 0 Å². The maximum atomic E-state index is 10.7. The lowest BCUT2D eigenvalue weighted by Crippen LogP contribution is -1.95. The van der Waals surface area contributed by atoms with Crippen molar-refractivity contribution in [2.45, 2.75) is 0 Å². The fourth-order valence-corrected chi connectivity index (χ4v) is 1.41. The minimum Gasteiger partial charge on any atom is -0.478 e. The van der Waals surface area contributed by atoms with Crippen molar-refractivity contribution in [2.24, 2.45) is 0 Å². The van der Waals surface area contributed by atoms with Gasteiger partial charge in [0.25, 0.3) is 0 Å². The molecule has 1 aromatic heterocycles. The van der Waals surface area contributed by atoms with Crippen molar-refractivity contribution in [3.8, 4) is 0 Å². The fourth-order valence-electron chi connectivity index (χ4n) is 1.25. The second kappa shape index (κ2) is 3.27. The monoisotopic (exact) mass is 207 g/mol. The van der Waals surface area contributed by atoms with Crippen LogP contribution in [0.15, 0.2) is 30.5 Å². The van der Waals surface area contributed by atoms with Crippen LogP contribution in [-0.4, -0.2) is 16.1 Å². The predicted octanol–water partition coefficient (Wildman–Crippen LogP) is 2.59. The molecule has 70 valence electrons. The lowest BCUT2D eigenvalue weighted by molar-refractivity contribution is 0.0697. The normalized spacial score (nSPS) is 10.4. The first kappa shape index (κ1) is 8.97. The van der Waals surface area contributed by atoms with Gasteiger partial charge in [0.1, 0.15) is 5.15 Å². The zero-order chi connectivity index (χ0) is 10.1. The van der Waals surface area contributed by atoms with Crippen LogP contribution in [0.25, 0.3) is 10.8 Å². The Morgan fingerprint density at radius 2 is 2.07 bits per heavy atom. The van der Waals surface area contributed by atoms with Crippen LogP contribution in [0.5, 0.6) is 0 Å². The highest BCUT2D eigenvalue weighted by Crippen LogP contribution is 2.18. The highest BCUT2D eigenvalue weighted by molar-refractivity contribution is 6.30. The van der Waals surface area contributed by atoms with Gasteiger partial charge < -0.3 is 5.11 Å². The number of benzene rings is 1. The molecule has 0 aliphatic carbocycles. The van der Waals surface area contributed by atoms with Gasteiger partial charge in [0.15, 0.2) is 0 Å². The van der Waals surface area contributed by atoms with Crippen molar-refractivity contribution in [1.82, 2.24) is 4.98 Å².